The van der Waals surface area contributed by atoms with Gasteiger partial charge in [0, 0.05) is 11.8 Å². The van der Waals surface area contributed by atoms with Crippen LogP contribution in [0.1, 0.15) is 45.4 Å². The van der Waals surface area contributed by atoms with Crippen LogP contribution in [0.3, 0.4) is 0 Å². The molecule has 6 aliphatic rings. The van der Waals surface area contributed by atoms with E-state index in [-0.39, 0.29) is 11.0 Å². The summed E-state index contributed by atoms with van der Waals surface area (Å²) in [6.07, 6.45) is 13.9. The van der Waals surface area contributed by atoms with Crippen LogP contribution < -0.4 is 0 Å². The number of fused-ring (bicyclic) bond motifs is 9. The number of ketones is 1. The summed E-state index contributed by atoms with van der Waals surface area (Å²) in [5, 5.41) is 10.1. The van der Waals surface area contributed by atoms with Gasteiger partial charge in [-0.3, -0.25) is 4.79 Å². The van der Waals surface area contributed by atoms with Crippen LogP contribution in [0.15, 0.2) is 36.5 Å². The van der Waals surface area contributed by atoms with Gasteiger partial charge in [0.15, 0.2) is 12.1 Å². The van der Waals surface area contributed by atoms with E-state index < -0.39 is 6.29 Å². The number of ether oxygens (including phenoxy) is 1. The molecule has 4 saturated carbocycles. The van der Waals surface area contributed by atoms with Gasteiger partial charge in [0.05, 0.1) is 5.60 Å². The van der Waals surface area contributed by atoms with E-state index in [1.165, 1.54) is 24.8 Å². The zero-order valence-corrected chi connectivity index (χ0v) is 16.1. The molecular formula is C24H30O3. The molecule has 0 aromatic rings. The van der Waals surface area contributed by atoms with Crippen LogP contribution in [0.25, 0.3) is 0 Å². The van der Waals surface area contributed by atoms with Crippen molar-refractivity contribution >= 4 is 5.78 Å². The van der Waals surface area contributed by atoms with Crippen LogP contribution in [0.2, 0.25) is 0 Å². The van der Waals surface area contributed by atoms with Crippen LogP contribution in [0, 0.1) is 46.8 Å². The lowest BCUT2D eigenvalue weighted by Crippen LogP contribution is -2.56. The van der Waals surface area contributed by atoms with Crippen molar-refractivity contribution < 1.29 is 14.6 Å². The molecule has 0 saturated heterocycles. The molecule has 5 aliphatic carbocycles. The highest BCUT2D eigenvalue weighted by atomic mass is 16.6. The molecule has 3 heteroatoms. The fourth-order valence-electron chi connectivity index (χ4n) is 8.57. The Bertz CT molecular complexity index is 780. The lowest BCUT2D eigenvalue weighted by atomic mass is 9.47. The molecule has 1 spiro atoms. The lowest BCUT2D eigenvalue weighted by molar-refractivity contribution is -0.197. The van der Waals surface area contributed by atoms with E-state index in [0.29, 0.717) is 41.3 Å². The molecule has 0 amide bonds. The minimum absolute atomic E-state index is 0.114. The molecule has 27 heavy (non-hydrogen) atoms. The second kappa shape index (κ2) is 5.24. The molecule has 1 aliphatic heterocycles. The maximum atomic E-state index is 12.0. The lowest BCUT2D eigenvalue weighted by Gasteiger charge is -2.59. The molecule has 0 aromatic carbocycles. The zero-order valence-electron chi connectivity index (χ0n) is 16.1. The summed E-state index contributed by atoms with van der Waals surface area (Å²) < 4.78 is 6.27. The summed E-state index contributed by atoms with van der Waals surface area (Å²) in [5.74, 6) is 4.70. The van der Waals surface area contributed by atoms with Gasteiger partial charge in [-0.15, -0.1) is 6.58 Å². The molecule has 1 heterocycles. The van der Waals surface area contributed by atoms with E-state index in [9.17, 15) is 9.90 Å². The average molecular weight is 367 g/mol. The summed E-state index contributed by atoms with van der Waals surface area (Å²) in [4.78, 5) is 12.0. The highest BCUT2D eigenvalue weighted by molar-refractivity contribution is 5.91. The fourth-order valence-corrected chi connectivity index (χ4v) is 8.57. The maximum absolute atomic E-state index is 12.0. The monoisotopic (exact) mass is 366 g/mol. The number of carbonyl (C=O) groups is 1. The number of hydrogen-bond donors (Lipinski definition) is 1. The van der Waals surface area contributed by atoms with E-state index in [1.807, 2.05) is 12.2 Å². The molecule has 10 atom stereocenters. The third-order valence-electron chi connectivity index (χ3n) is 9.52. The third kappa shape index (κ3) is 1.93. The van der Waals surface area contributed by atoms with Gasteiger partial charge >= 0.3 is 0 Å². The Labute approximate surface area is 161 Å². The van der Waals surface area contributed by atoms with Crippen LogP contribution in [0.4, 0.5) is 0 Å². The Morgan fingerprint density at radius 2 is 2.19 bits per heavy atom. The predicted octanol–water partition coefficient (Wildman–Crippen LogP) is 4.04. The predicted molar refractivity (Wildman–Crippen MR) is 102 cm³/mol. The number of aliphatic hydroxyl groups is 1. The van der Waals surface area contributed by atoms with E-state index >= 15 is 0 Å². The van der Waals surface area contributed by atoms with Crippen molar-refractivity contribution in [2.75, 3.05) is 0 Å². The number of carbonyl (C=O) groups excluding carboxylic acids is 1. The van der Waals surface area contributed by atoms with Gasteiger partial charge in [-0.1, -0.05) is 24.6 Å². The quantitative estimate of drug-likeness (QED) is 0.713. The Morgan fingerprint density at radius 3 is 2.93 bits per heavy atom. The number of hydrogen-bond acceptors (Lipinski definition) is 3. The Morgan fingerprint density at radius 1 is 1.33 bits per heavy atom. The second-order valence-corrected chi connectivity index (χ2v) is 10.3. The first-order valence-electron chi connectivity index (χ1n) is 10.9. The molecule has 3 nitrogen and oxygen atoms in total. The van der Waals surface area contributed by atoms with Crippen LogP contribution in [-0.2, 0) is 9.53 Å². The van der Waals surface area contributed by atoms with E-state index in [0.717, 1.165) is 25.2 Å². The molecule has 1 N–H and O–H groups in total. The fraction of sp³-hybridized carbons (Fsp3) is 0.708. The summed E-state index contributed by atoms with van der Waals surface area (Å²) in [5.41, 5.74) is 1.27. The molecule has 0 bridgehead atoms. The van der Waals surface area contributed by atoms with Crippen LogP contribution >= 0.6 is 0 Å². The van der Waals surface area contributed by atoms with Crippen molar-refractivity contribution in [1.29, 1.82) is 0 Å². The van der Waals surface area contributed by atoms with Crippen LogP contribution in [0.5, 0.6) is 0 Å². The zero-order chi connectivity index (χ0) is 18.6. The Balaban J connectivity index is 1.42. The van der Waals surface area contributed by atoms with Crippen molar-refractivity contribution in [3.05, 3.63) is 36.5 Å². The van der Waals surface area contributed by atoms with E-state index in [2.05, 4.69) is 25.7 Å². The number of aliphatic hydroxyl groups excluding tert-OH is 1. The first-order chi connectivity index (χ1) is 13.0. The normalized spacial score (nSPS) is 57.6. The second-order valence-electron chi connectivity index (χ2n) is 10.3. The van der Waals surface area contributed by atoms with Crippen LogP contribution in [-0.4, -0.2) is 22.8 Å². The van der Waals surface area contributed by atoms with Gasteiger partial charge in [-0.25, -0.2) is 0 Å². The smallest absolute Gasteiger partial charge is 0.175 e. The van der Waals surface area contributed by atoms with Gasteiger partial charge < -0.3 is 9.84 Å². The Kier molecular flexibility index (Phi) is 3.25. The summed E-state index contributed by atoms with van der Waals surface area (Å²) in [7, 11) is 0. The Hall–Kier alpha value is -1.19. The van der Waals surface area contributed by atoms with Gasteiger partial charge in [0.1, 0.15) is 0 Å². The van der Waals surface area contributed by atoms with Gasteiger partial charge in [-0.2, -0.15) is 0 Å². The van der Waals surface area contributed by atoms with Gasteiger partial charge in [0.25, 0.3) is 0 Å². The molecular weight excluding hydrogens is 336 g/mol. The van der Waals surface area contributed by atoms with Gasteiger partial charge in [0.2, 0.25) is 0 Å². The average Bonchev–Trinajstić information content (AvgIpc) is 3.29. The molecule has 144 valence electrons. The minimum atomic E-state index is -0.736. The largest absolute Gasteiger partial charge is 0.365 e. The summed E-state index contributed by atoms with van der Waals surface area (Å²) in [6.45, 7) is 6.65. The number of allylic oxidation sites excluding steroid dienone is 2. The first kappa shape index (κ1) is 16.7. The third-order valence-corrected chi connectivity index (χ3v) is 9.52. The number of rotatable bonds is 1. The summed E-state index contributed by atoms with van der Waals surface area (Å²) in [6, 6.07) is 0. The molecule has 4 fully saturated rings. The first-order valence-corrected chi connectivity index (χ1v) is 10.9. The maximum Gasteiger partial charge on any atom is 0.175 e. The van der Waals surface area contributed by atoms with Crippen molar-refractivity contribution in [2.45, 2.75) is 57.3 Å². The topological polar surface area (TPSA) is 46.5 Å². The highest BCUT2D eigenvalue weighted by Crippen LogP contribution is 2.78. The minimum Gasteiger partial charge on any atom is -0.365 e. The van der Waals surface area contributed by atoms with E-state index in [4.69, 9.17) is 4.74 Å². The molecule has 0 aromatic heterocycles. The van der Waals surface area contributed by atoms with Gasteiger partial charge in [-0.05, 0) is 85.7 Å². The van der Waals surface area contributed by atoms with Crippen molar-refractivity contribution in [3.63, 3.8) is 0 Å². The SMILES string of the molecule is C=C[C@@H]1CC2=CC(=O)CC[C@@H]2C2CC[C@@]3(C)C(C21)[C@H]1C[C@H]1[C@@]31C=CC(O)O1. The molecule has 0 radical (unpaired) electrons. The molecule has 6 rings (SSSR count). The standard InChI is InChI=1S/C24H30O3/c1-3-13-10-14-11-15(25)4-5-16(14)17-6-8-23(2)22(21(13)17)18-12-19(18)24(23)9-7-20(26)27-24/h3,7,9,11,13,16-22,26H,1,4-6,8,10,12H2,2H3/t13-,16+,17?,18+,19-,20?,21?,22?,23+,24+/m1/s1. The van der Waals surface area contributed by atoms with Crippen molar-refractivity contribution in [1.82, 2.24) is 0 Å². The van der Waals surface area contributed by atoms with E-state index in [1.54, 1.807) is 0 Å². The highest BCUT2D eigenvalue weighted by Gasteiger charge is 2.77. The van der Waals surface area contributed by atoms with Crippen molar-refractivity contribution in [2.24, 2.45) is 46.8 Å². The summed E-state index contributed by atoms with van der Waals surface area (Å²) >= 11 is 0. The van der Waals surface area contributed by atoms with Crippen molar-refractivity contribution in [3.8, 4) is 0 Å². The molecule has 4 unspecified atom stereocenters.